The van der Waals surface area contributed by atoms with Crippen molar-refractivity contribution in [2.45, 2.75) is 38.1 Å². The Balaban J connectivity index is 1.66. The van der Waals surface area contributed by atoms with E-state index < -0.39 is 5.97 Å². The van der Waals surface area contributed by atoms with Gasteiger partial charge in [0.25, 0.3) is 0 Å². The molecule has 1 aromatic carbocycles. The molecule has 0 aromatic heterocycles. The van der Waals surface area contributed by atoms with Crippen LogP contribution in [0, 0.1) is 5.92 Å². The van der Waals surface area contributed by atoms with E-state index in [2.05, 4.69) is 17.0 Å². The molecule has 2 aliphatic rings. The van der Waals surface area contributed by atoms with Crippen molar-refractivity contribution >= 4 is 12.0 Å². The summed E-state index contributed by atoms with van der Waals surface area (Å²) in [4.78, 5) is 13.2. The van der Waals surface area contributed by atoms with Crippen LogP contribution in [0.3, 0.4) is 0 Å². The molecule has 0 amide bonds. The highest BCUT2D eigenvalue weighted by Crippen LogP contribution is 2.36. The van der Waals surface area contributed by atoms with Gasteiger partial charge in [0, 0.05) is 18.7 Å². The number of hydrogen-bond donors (Lipinski definition) is 1. The van der Waals surface area contributed by atoms with Crippen LogP contribution < -0.4 is 0 Å². The fraction of sp³-hybridized carbons (Fsp3) is 0.500. The van der Waals surface area contributed by atoms with Crippen molar-refractivity contribution in [2.75, 3.05) is 13.1 Å². The van der Waals surface area contributed by atoms with Crippen LogP contribution in [0.25, 0.3) is 6.08 Å². The highest BCUT2D eigenvalue weighted by Gasteiger charge is 2.29. The Labute approximate surface area is 126 Å². The summed E-state index contributed by atoms with van der Waals surface area (Å²) < 4.78 is 0. The van der Waals surface area contributed by atoms with Crippen LogP contribution in [0.4, 0.5) is 0 Å². The smallest absolute Gasteiger partial charge is 0.328 e. The van der Waals surface area contributed by atoms with E-state index in [0.29, 0.717) is 6.04 Å². The number of hydrogen-bond acceptors (Lipinski definition) is 2. The van der Waals surface area contributed by atoms with Gasteiger partial charge in [-0.05, 0) is 55.3 Å². The Morgan fingerprint density at radius 3 is 2.57 bits per heavy atom. The normalized spacial score (nSPS) is 23.5. The molecule has 0 spiro atoms. The van der Waals surface area contributed by atoms with E-state index in [9.17, 15) is 4.79 Å². The zero-order chi connectivity index (χ0) is 14.7. The number of likely N-dealkylation sites (tertiary alicyclic amines) is 1. The Morgan fingerprint density at radius 1 is 1.19 bits per heavy atom. The molecule has 0 unspecified atom stereocenters. The molecule has 1 aliphatic carbocycles. The van der Waals surface area contributed by atoms with Gasteiger partial charge in [-0.2, -0.15) is 0 Å². The molecule has 1 heterocycles. The SMILES string of the molecule is O=C(O)/C=C/c1ccc([C@@H]2CCCN2CC2CCC2)cc1. The maximum atomic E-state index is 10.5. The van der Waals surface area contributed by atoms with Crippen LogP contribution in [0.2, 0.25) is 0 Å². The average Bonchev–Trinajstić information content (AvgIpc) is 2.89. The van der Waals surface area contributed by atoms with Gasteiger partial charge in [0.05, 0.1) is 0 Å². The maximum Gasteiger partial charge on any atom is 0.328 e. The van der Waals surface area contributed by atoms with Crippen molar-refractivity contribution in [2.24, 2.45) is 5.92 Å². The van der Waals surface area contributed by atoms with E-state index in [1.807, 2.05) is 12.1 Å². The van der Waals surface area contributed by atoms with E-state index in [1.54, 1.807) is 6.08 Å². The van der Waals surface area contributed by atoms with Crippen molar-refractivity contribution in [3.63, 3.8) is 0 Å². The fourth-order valence-electron chi connectivity index (χ4n) is 3.43. The molecule has 3 rings (SSSR count). The third-order valence-corrected chi connectivity index (χ3v) is 4.82. The highest BCUT2D eigenvalue weighted by molar-refractivity contribution is 5.85. The van der Waals surface area contributed by atoms with Crippen LogP contribution in [-0.2, 0) is 4.79 Å². The van der Waals surface area contributed by atoms with Gasteiger partial charge in [-0.25, -0.2) is 4.79 Å². The topological polar surface area (TPSA) is 40.5 Å². The van der Waals surface area contributed by atoms with Crippen LogP contribution in [-0.4, -0.2) is 29.1 Å². The number of rotatable bonds is 5. The summed E-state index contributed by atoms with van der Waals surface area (Å²) in [5.74, 6) is 0.0184. The second kappa shape index (κ2) is 6.44. The van der Waals surface area contributed by atoms with Gasteiger partial charge in [0.15, 0.2) is 0 Å². The van der Waals surface area contributed by atoms with Crippen LogP contribution >= 0.6 is 0 Å². The molecule has 1 atom stereocenters. The van der Waals surface area contributed by atoms with E-state index in [1.165, 1.54) is 56.8 Å². The first-order chi connectivity index (χ1) is 10.2. The average molecular weight is 285 g/mol. The van der Waals surface area contributed by atoms with E-state index in [0.717, 1.165) is 11.5 Å². The van der Waals surface area contributed by atoms with Gasteiger partial charge >= 0.3 is 5.97 Å². The van der Waals surface area contributed by atoms with E-state index in [-0.39, 0.29) is 0 Å². The third-order valence-electron chi connectivity index (χ3n) is 4.82. The Bertz CT molecular complexity index is 517. The second-order valence-corrected chi connectivity index (χ2v) is 6.29. The monoisotopic (exact) mass is 285 g/mol. The molecule has 21 heavy (non-hydrogen) atoms. The molecular formula is C18H23NO2. The van der Waals surface area contributed by atoms with Gasteiger partial charge in [0.2, 0.25) is 0 Å². The summed E-state index contributed by atoms with van der Waals surface area (Å²) in [5.41, 5.74) is 2.32. The summed E-state index contributed by atoms with van der Waals surface area (Å²) in [6.07, 6.45) is 9.59. The highest BCUT2D eigenvalue weighted by atomic mass is 16.4. The molecule has 1 aliphatic heterocycles. The van der Waals surface area contributed by atoms with Crippen molar-refractivity contribution in [3.8, 4) is 0 Å². The zero-order valence-electron chi connectivity index (χ0n) is 12.4. The van der Waals surface area contributed by atoms with Crippen molar-refractivity contribution in [1.29, 1.82) is 0 Å². The standard InChI is InChI=1S/C18H23NO2/c20-18(21)11-8-14-6-9-16(10-7-14)17-5-2-12-19(17)13-15-3-1-4-15/h6-11,15,17H,1-5,12-13H2,(H,20,21)/b11-8+/t17-/m0/s1. The lowest BCUT2D eigenvalue weighted by atomic mass is 9.85. The lowest BCUT2D eigenvalue weighted by Gasteiger charge is -2.33. The van der Waals surface area contributed by atoms with E-state index >= 15 is 0 Å². The van der Waals surface area contributed by atoms with Crippen LogP contribution in [0.5, 0.6) is 0 Å². The molecule has 1 N–H and O–H groups in total. The maximum absolute atomic E-state index is 10.5. The quantitative estimate of drug-likeness (QED) is 0.838. The molecular weight excluding hydrogens is 262 g/mol. The first-order valence-corrected chi connectivity index (χ1v) is 7.97. The molecule has 2 fully saturated rings. The molecule has 112 valence electrons. The first-order valence-electron chi connectivity index (χ1n) is 7.97. The molecule has 1 saturated carbocycles. The fourth-order valence-corrected chi connectivity index (χ4v) is 3.43. The molecule has 3 heteroatoms. The Morgan fingerprint density at radius 2 is 1.95 bits per heavy atom. The third kappa shape index (κ3) is 3.53. The predicted molar refractivity (Wildman–Crippen MR) is 84.0 cm³/mol. The molecule has 0 bridgehead atoms. The van der Waals surface area contributed by atoms with E-state index in [4.69, 9.17) is 5.11 Å². The van der Waals surface area contributed by atoms with Gasteiger partial charge < -0.3 is 5.11 Å². The number of nitrogens with zero attached hydrogens (tertiary/aromatic N) is 1. The number of aliphatic carboxylic acids is 1. The van der Waals surface area contributed by atoms with Gasteiger partial charge in [-0.3, -0.25) is 4.90 Å². The summed E-state index contributed by atoms with van der Waals surface area (Å²) in [6, 6.07) is 8.92. The Kier molecular flexibility index (Phi) is 4.39. The first kappa shape index (κ1) is 14.3. The lowest BCUT2D eigenvalue weighted by Crippen LogP contribution is -2.32. The van der Waals surface area contributed by atoms with Crippen molar-refractivity contribution < 1.29 is 9.90 Å². The number of benzene rings is 1. The lowest BCUT2D eigenvalue weighted by molar-refractivity contribution is -0.131. The zero-order valence-corrected chi connectivity index (χ0v) is 12.4. The van der Waals surface area contributed by atoms with Crippen molar-refractivity contribution in [3.05, 3.63) is 41.5 Å². The number of carbonyl (C=O) groups is 1. The minimum atomic E-state index is -0.901. The largest absolute Gasteiger partial charge is 0.478 e. The minimum Gasteiger partial charge on any atom is -0.478 e. The summed E-state index contributed by atoms with van der Waals surface area (Å²) >= 11 is 0. The summed E-state index contributed by atoms with van der Waals surface area (Å²) in [5, 5.41) is 8.66. The molecule has 3 nitrogen and oxygen atoms in total. The predicted octanol–water partition coefficient (Wildman–Crippen LogP) is 3.72. The number of carboxylic acids is 1. The van der Waals surface area contributed by atoms with Crippen LogP contribution in [0.1, 0.15) is 49.3 Å². The van der Waals surface area contributed by atoms with Gasteiger partial charge in [0.1, 0.15) is 0 Å². The Hall–Kier alpha value is -1.61. The van der Waals surface area contributed by atoms with Crippen LogP contribution in [0.15, 0.2) is 30.3 Å². The molecule has 1 aromatic rings. The molecule has 0 radical (unpaired) electrons. The minimum absolute atomic E-state index is 0.558. The van der Waals surface area contributed by atoms with Crippen molar-refractivity contribution in [1.82, 2.24) is 4.90 Å². The van der Waals surface area contributed by atoms with Gasteiger partial charge in [-0.15, -0.1) is 0 Å². The summed E-state index contributed by atoms with van der Waals surface area (Å²) in [7, 11) is 0. The summed E-state index contributed by atoms with van der Waals surface area (Å²) in [6.45, 7) is 2.48. The second-order valence-electron chi connectivity index (χ2n) is 6.29. The molecule has 1 saturated heterocycles. The van der Waals surface area contributed by atoms with Gasteiger partial charge in [-0.1, -0.05) is 30.7 Å². The number of carboxylic acid groups (broad SMARTS) is 1.